The molecular weight excluding hydrogens is 454 g/mol. The van der Waals surface area contributed by atoms with E-state index in [0.717, 1.165) is 41.4 Å². The number of aromatic nitrogens is 1. The molecule has 186 valence electrons. The maximum atomic E-state index is 13.8. The van der Waals surface area contributed by atoms with Crippen LogP contribution in [-0.4, -0.2) is 22.1 Å². The van der Waals surface area contributed by atoms with Gasteiger partial charge in [-0.1, -0.05) is 65.2 Å². The molecule has 1 aliphatic carbocycles. The van der Waals surface area contributed by atoms with E-state index in [1.165, 1.54) is 36.8 Å². The Balaban J connectivity index is 1.75. The lowest BCUT2D eigenvalue weighted by atomic mass is 9.84. The highest BCUT2D eigenvalue weighted by Crippen LogP contribution is 2.36. The van der Waals surface area contributed by atoms with Gasteiger partial charge in [0.15, 0.2) is 5.78 Å². The van der Waals surface area contributed by atoms with Crippen LogP contribution in [0.4, 0.5) is 0 Å². The fourth-order valence-electron chi connectivity index (χ4n) is 5.37. The minimum Gasteiger partial charge on any atom is -0.298 e. The van der Waals surface area contributed by atoms with Gasteiger partial charge in [-0.15, -0.1) is 11.6 Å². The van der Waals surface area contributed by atoms with Crippen LogP contribution in [0.15, 0.2) is 42.5 Å². The molecule has 2 aromatic carbocycles. The number of unbranched alkanes of at least 4 members (excludes halogenated alkanes) is 3. The summed E-state index contributed by atoms with van der Waals surface area (Å²) in [4.78, 5) is 26.3. The lowest BCUT2D eigenvalue weighted by molar-refractivity contribution is -0.120. The second-order valence-electron chi connectivity index (χ2n) is 11.1. The highest BCUT2D eigenvalue weighted by Gasteiger charge is 2.31. The van der Waals surface area contributed by atoms with E-state index in [4.69, 9.17) is 11.6 Å². The van der Waals surface area contributed by atoms with Gasteiger partial charge in [-0.05, 0) is 78.5 Å². The van der Waals surface area contributed by atoms with Gasteiger partial charge in [0.1, 0.15) is 0 Å². The van der Waals surface area contributed by atoms with Crippen molar-refractivity contribution in [2.24, 2.45) is 5.92 Å². The van der Waals surface area contributed by atoms with E-state index in [0.29, 0.717) is 12.0 Å². The van der Waals surface area contributed by atoms with Crippen LogP contribution in [0.1, 0.15) is 92.5 Å². The predicted octanol–water partition coefficient (Wildman–Crippen LogP) is 7.66. The molecule has 1 aliphatic rings. The summed E-state index contributed by atoms with van der Waals surface area (Å²) in [6.45, 7) is 8.77. The molecule has 35 heavy (non-hydrogen) atoms. The fourth-order valence-corrected chi connectivity index (χ4v) is 5.59. The van der Waals surface area contributed by atoms with Crippen molar-refractivity contribution in [2.45, 2.75) is 84.5 Å². The summed E-state index contributed by atoms with van der Waals surface area (Å²) < 4.78 is 1.92. The van der Waals surface area contributed by atoms with Gasteiger partial charge in [0.2, 0.25) is 0 Å². The van der Waals surface area contributed by atoms with Crippen molar-refractivity contribution in [3.8, 4) is 0 Å². The summed E-state index contributed by atoms with van der Waals surface area (Å²) in [6.07, 6.45) is 8.08. The predicted molar refractivity (Wildman–Crippen MR) is 146 cm³/mol. The summed E-state index contributed by atoms with van der Waals surface area (Å²) >= 11 is 5.91. The number of benzene rings is 2. The van der Waals surface area contributed by atoms with Crippen molar-refractivity contribution in [1.82, 2.24) is 4.57 Å². The Bertz CT molecular complexity index is 1210. The zero-order valence-corrected chi connectivity index (χ0v) is 22.4. The smallest absolute Gasteiger partial charge is 0.262 e. The van der Waals surface area contributed by atoms with E-state index in [1.54, 1.807) is 0 Å². The summed E-state index contributed by atoms with van der Waals surface area (Å²) in [7, 11) is 0. The van der Waals surface area contributed by atoms with Gasteiger partial charge in [0, 0.05) is 22.6 Å². The Morgan fingerprint density at radius 1 is 1.03 bits per heavy atom. The molecule has 0 N–H and O–H groups in total. The monoisotopic (exact) mass is 491 g/mol. The Labute approximate surface area is 214 Å². The standard InChI is InChI=1S/C31H38ClNO2/c1-5-6-7-8-9-21-10-16-27-25(18-21)26-19-23(29(34)20-32)13-17-28(26)33(27)30(35)22-11-14-24(15-12-22)31(2,3)4/h10-12,14-16,18,23H,5-9,13,17,19-20H2,1-4H3. The lowest BCUT2D eigenvalue weighted by Crippen LogP contribution is -2.25. The molecule has 3 nitrogen and oxygen atoms in total. The van der Waals surface area contributed by atoms with Crippen LogP contribution in [0.2, 0.25) is 0 Å². The van der Waals surface area contributed by atoms with Crippen LogP contribution in [0, 0.1) is 5.92 Å². The van der Waals surface area contributed by atoms with Crippen molar-refractivity contribution >= 4 is 34.2 Å². The summed E-state index contributed by atoms with van der Waals surface area (Å²) in [5, 5.41) is 1.12. The summed E-state index contributed by atoms with van der Waals surface area (Å²) in [5.41, 5.74) is 6.43. The number of nitrogens with zero attached hydrogens (tertiary/aromatic N) is 1. The van der Waals surface area contributed by atoms with Gasteiger partial charge >= 0.3 is 0 Å². The minimum atomic E-state index is -0.0616. The second-order valence-corrected chi connectivity index (χ2v) is 11.4. The number of hydrogen-bond acceptors (Lipinski definition) is 2. The molecule has 3 aromatic rings. The average Bonchev–Trinajstić information content (AvgIpc) is 3.18. The highest BCUT2D eigenvalue weighted by molar-refractivity contribution is 6.28. The highest BCUT2D eigenvalue weighted by atomic mass is 35.5. The molecule has 0 amide bonds. The molecule has 0 saturated heterocycles. The summed E-state index contributed by atoms with van der Waals surface area (Å²) in [5.74, 6) is 0.112. The molecule has 4 rings (SSSR count). The number of fused-ring (bicyclic) bond motifs is 3. The van der Waals surface area contributed by atoms with Crippen LogP contribution >= 0.6 is 11.6 Å². The largest absolute Gasteiger partial charge is 0.298 e. The zero-order valence-electron chi connectivity index (χ0n) is 21.6. The zero-order chi connectivity index (χ0) is 25.2. The van der Waals surface area contributed by atoms with E-state index in [1.807, 2.05) is 16.7 Å². The number of Topliss-reactive ketones (excluding diaryl/α,β-unsaturated/α-hetero) is 1. The van der Waals surface area contributed by atoms with Gasteiger partial charge in [-0.2, -0.15) is 0 Å². The number of aryl methyl sites for hydroxylation is 1. The van der Waals surface area contributed by atoms with E-state index in [2.05, 4.69) is 58.0 Å². The van der Waals surface area contributed by atoms with Crippen molar-refractivity contribution < 1.29 is 9.59 Å². The van der Waals surface area contributed by atoms with Crippen LogP contribution < -0.4 is 0 Å². The number of hydrogen-bond donors (Lipinski definition) is 0. The number of carbonyl (C=O) groups is 2. The number of carbonyl (C=O) groups excluding carboxylic acids is 2. The molecule has 0 saturated carbocycles. The van der Waals surface area contributed by atoms with Gasteiger partial charge in [0.25, 0.3) is 5.91 Å². The Hall–Kier alpha value is -2.39. The lowest BCUT2D eigenvalue weighted by Gasteiger charge is -2.22. The third-order valence-electron chi connectivity index (χ3n) is 7.53. The molecule has 0 bridgehead atoms. The second kappa shape index (κ2) is 10.7. The van der Waals surface area contributed by atoms with E-state index in [9.17, 15) is 9.59 Å². The number of alkyl halides is 1. The molecule has 1 unspecified atom stereocenters. The molecule has 1 aromatic heterocycles. The van der Waals surface area contributed by atoms with E-state index < -0.39 is 0 Å². The van der Waals surface area contributed by atoms with Gasteiger partial charge < -0.3 is 0 Å². The molecule has 1 heterocycles. The normalized spacial score (nSPS) is 15.9. The molecule has 1 atom stereocenters. The Morgan fingerprint density at radius 2 is 1.77 bits per heavy atom. The Kier molecular flexibility index (Phi) is 7.86. The van der Waals surface area contributed by atoms with Crippen LogP contribution in [0.3, 0.4) is 0 Å². The maximum absolute atomic E-state index is 13.8. The number of rotatable bonds is 8. The van der Waals surface area contributed by atoms with E-state index in [-0.39, 0.29) is 28.9 Å². The average molecular weight is 492 g/mol. The molecule has 0 aliphatic heterocycles. The first kappa shape index (κ1) is 25.7. The third kappa shape index (κ3) is 5.40. The van der Waals surface area contributed by atoms with Crippen molar-refractivity contribution in [1.29, 1.82) is 0 Å². The number of halogens is 1. The van der Waals surface area contributed by atoms with Gasteiger partial charge in [-0.25, -0.2) is 0 Å². The quantitative estimate of drug-likeness (QED) is 0.239. The fraction of sp³-hybridized carbons (Fsp3) is 0.484. The maximum Gasteiger partial charge on any atom is 0.262 e. The third-order valence-corrected chi connectivity index (χ3v) is 7.80. The Morgan fingerprint density at radius 3 is 2.43 bits per heavy atom. The molecule has 4 heteroatoms. The first-order chi connectivity index (χ1) is 16.7. The minimum absolute atomic E-state index is 0.00882. The van der Waals surface area contributed by atoms with E-state index >= 15 is 0 Å². The van der Waals surface area contributed by atoms with Crippen molar-refractivity contribution in [2.75, 3.05) is 5.88 Å². The molecule has 0 fully saturated rings. The summed E-state index contributed by atoms with van der Waals surface area (Å²) in [6, 6.07) is 14.6. The first-order valence-corrected chi connectivity index (χ1v) is 13.7. The SMILES string of the molecule is CCCCCCc1ccc2c(c1)c1c(n2C(=O)c2ccc(C(C)(C)C)cc2)CCC(C(=O)CCl)C1. The van der Waals surface area contributed by atoms with Gasteiger partial charge in [0.05, 0.1) is 11.4 Å². The number of ketones is 1. The van der Waals surface area contributed by atoms with Gasteiger partial charge in [-0.3, -0.25) is 14.2 Å². The molecule has 0 radical (unpaired) electrons. The van der Waals surface area contributed by atoms with Crippen LogP contribution in [-0.2, 0) is 29.5 Å². The first-order valence-electron chi connectivity index (χ1n) is 13.1. The van der Waals surface area contributed by atoms with Crippen molar-refractivity contribution in [3.05, 3.63) is 70.4 Å². The van der Waals surface area contributed by atoms with Crippen LogP contribution in [0.5, 0.6) is 0 Å². The molecule has 0 spiro atoms. The van der Waals surface area contributed by atoms with Crippen molar-refractivity contribution in [3.63, 3.8) is 0 Å². The molecular formula is C31H38ClNO2. The topological polar surface area (TPSA) is 39.1 Å². The van der Waals surface area contributed by atoms with Crippen LogP contribution in [0.25, 0.3) is 10.9 Å².